The van der Waals surface area contributed by atoms with Gasteiger partial charge >= 0.3 is 6.09 Å². The molecule has 0 spiro atoms. The Morgan fingerprint density at radius 2 is 1.49 bits per heavy atom. The first-order valence-electron chi connectivity index (χ1n) is 15.3. The van der Waals surface area contributed by atoms with Crippen LogP contribution in [0.4, 0.5) is 10.5 Å². The zero-order chi connectivity index (χ0) is 32.0. The van der Waals surface area contributed by atoms with Gasteiger partial charge in [0.2, 0.25) is 11.8 Å². The number of rotatable bonds is 16. The third-order valence-corrected chi connectivity index (χ3v) is 7.11. The van der Waals surface area contributed by atoms with E-state index in [9.17, 15) is 19.2 Å². The minimum Gasteiger partial charge on any atom is -0.444 e. The highest BCUT2D eigenvalue weighted by Gasteiger charge is 2.36. The summed E-state index contributed by atoms with van der Waals surface area (Å²) in [6, 6.07) is 12.8. The Balaban J connectivity index is 2.52. The SMILES string of the molecule is CCCCCCCCN(C(=O)C(CCC(N)=O)NC(=O)OC(C)(C)C)C(C(=O)Nc1c(C)cccc1C)c1ccccc1. The molecule has 0 saturated heterocycles. The molecule has 0 aliphatic rings. The van der Waals surface area contributed by atoms with Crippen molar-refractivity contribution < 1.29 is 23.9 Å². The molecular formula is C34H50N4O5. The van der Waals surface area contributed by atoms with E-state index in [0.29, 0.717) is 17.7 Å². The second kappa shape index (κ2) is 17.3. The molecule has 0 radical (unpaired) electrons. The molecule has 4 amide bonds. The number of hydrogen-bond donors (Lipinski definition) is 3. The number of amides is 4. The van der Waals surface area contributed by atoms with Crippen molar-refractivity contribution in [2.24, 2.45) is 5.73 Å². The Bertz CT molecular complexity index is 1190. The van der Waals surface area contributed by atoms with Gasteiger partial charge < -0.3 is 26.0 Å². The molecule has 0 aliphatic heterocycles. The molecule has 0 saturated carbocycles. The lowest BCUT2D eigenvalue weighted by Gasteiger charge is -2.35. The fourth-order valence-corrected chi connectivity index (χ4v) is 4.93. The molecule has 43 heavy (non-hydrogen) atoms. The fraction of sp³-hybridized carbons (Fsp3) is 0.529. The van der Waals surface area contributed by atoms with Crippen LogP contribution in [0.25, 0.3) is 0 Å². The molecule has 2 aromatic carbocycles. The van der Waals surface area contributed by atoms with E-state index in [1.54, 1.807) is 20.8 Å². The summed E-state index contributed by atoms with van der Waals surface area (Å²) < 4.78 is 5.42. The molecule has 9 nitrogen and oxygen atoms in total. The molecular weight excluding hydrogens is 544 g/mol. The van der Waals surface area contributed by atoms with Crippen molar-refractivity contribution in [2.75, 3.05) is 11.9 Å². The van der Waals surface area contributed by atoms with E-state index >= 15 is 0 Å². The van der Waals surface area contributed by atoms with Gasteiger partial charge in [0, 0.05) is 18.7 Å². The number of carbonyl (C=O) groups excluding carboxylic acids is 4. The predicted octanol–water partition coefficient (Wildman–Crippen LogP) is 6.33. The lowest BCUT2D eigenvalue weighted by atomic mass is 10.00. The van der Waals surface area contributed by atoms with Crippen LogP contribution in [-0.2, 0) is 19.1 Å². The van der Waals surface area contributed by atoms with Crippen molar-refractivity contribution in [3.8, 4) is 0 Å². The number of carbonyl (C=O) groups is 4. The van der Waals surface area contributed by atoms with Crippen molar-refractivity contribution in [2.45, 2.75) is 111 Å². The molecule has 9 heteroatoms. The number of benzene rings is 2. The largest absolute Gasteiger partial charge is 0.444 e. The maximum Gasteiger partial charge on any atom is 0.408 e. The van der Waals surface area contributed by atoms with Crippen molar-refractivity contribution in [1.82, 2.24) is 10.2 Å². The monoisotopic (exact) mass is 594 g/mol. The van der Waals surface area contributed by atoms with Crippen LogP contribution >= 0.6 is 0 Å². The van der Waals surface area contributed by atoms with Gasteiger partial charge in [-0.1, -0.05) is 87.6 Å². The Labute approximate surface area is 256 Å². The molecule has 0 aliphatic carbocycles. The van der Waals surface area contributed by atoms with Gasteiger partial charge in [0.25, 0.3) is 5.91 Å². The second-order valence-corrected chi connectivity index (χ2v) is 12.1. The topological polar surface area (TPSA) is 131 Å². The van der Waals surface area contributed by atoms with E-state index < -0.39 is 35.6 Å². The predicted molar refractivity (Wildman–Crippen MR) is 170 cm³/mol. The first-order chi connectivity index (χ1) is 20.3. The average molecular weight is 595 g/mol. The van der Waals surface area contributed by atoms with Gasteiger partial charge in [0.1, 0.15) is 17.7 Å². The van der Waals surface area contributed by atoms with E-state index in [1.165, 1.54) is 4.90 Å². The zero-order valence-corrected chi connectivity index (χ0v) is 26.7. The summed E-state index contributed by atoms with van der Waals surface area (Å²) in [5.74, 6) is -1.45. The summed E-state index contributed by atoms with van der Waals surface area (Å²) in [5.41, 5.74) is 7.77. The number of hydrogen-bond acceptors (Lipinski definition) is 5. The van der Waals surface area contributed by atoms with Gasteiger partial charge in [0.15, 0.2) is 0 Å². The standard InChI is InChI=1S/C34H50N4O5/c1-7-8-9-10-11-15-23-38(32(41)27(21-22-28(35)39)36-33(42)43-34(4,5)6)30(26-19-13-12-14-20-26)31(40)37-29-24(2)17-16-18-25(29)3/h12-14,16-20,27,30H,7-11,15,21-23H2,1-6H3,(H2,35,39)(H,36,42)(H,37,40). The third-order valence-electron chi connectivity index (χ3n) is 7.11. The molecule has 0 heterocycles. The fourth-order valence-electron chi connectivity index (χ4n) is 4.93. The maximum absolute atomic E-state index is 14.4. The van der Waals surface area contributed by atoms with Crippen LogP contribution in [-0.4, -0.2) is 46.9 Å². The van der Waals surface area contributed by atoms with Crippen LogP contribution in [0.1, 0.15) is 102 Å². The van der Waals surface area contributed by atoms with Gasteiger partial charge in [0.05, 0.1) is 0 Å². The van der Waals surface area contributed by atoms with Crippen LogP contribution in [0, 0.1) is 13.8 Å². The number of nitrogens with zero attached hydrogens (tertiary/aromatic N) is 1. The van der Waals surface area contributed by atoms with Gasteiger partial charge in [-0.05, 0) is 64.2 Å². The Hall–Kier alpha value is -3.88. The quantitative estimate of drug-likeness (QED) is 0.196. The van der Waals surface area contributed by atoms with Crippen LogP contribution < -0.4 is 16.4 Å². The molecule has 4 N–H and O–H groups in total. The molecule has 2 atom stereocenters. The van der Waals surface area contributed by atoms with E-state index in [0.717, 1.165) is 43.2 Å². The number of primary amides is 1. The van der Waals surface area contributed by atoms with Crippen LogP contribution in [0.3, 0.4) is 0 Å². The van der Waals surface area contributed by atoms with Gasteiger partial charge in [-0.15, -0.1) is 0 Å². The summed E-state index contributed by atoms with van der Waals surface area (Å²) in [6.07, 6.45) is 5.00. The van der Waals surface area contributed by atoms with Gasteiger partial charge in [-0.2, -0.15) is 0 Å². The molecule has 0 aromatic heterocycles. The first kappa shape index (κ1) is 35.3. The maximum atomic E-state index is 14.4. The Morgan fingerprint density at radius 3 is 2.07 bits per heavy atom. The highest BCUT2D eigenvalue weighted by Crippen LogP contribution is 2.28. The summed E-state index contributed by atoms with van der Waals surface area (Å²) >= 11 is 0. The number of nitrogens with two attached hydrogens (primary N) is 1. The third kappa shape index (κ3) is 12.1. The number of anilines is 1. The zero-order valence-electron chi connectivity index (χ0n) is 26.7. The second-order valence-electron chi connectivity index (χ2n) is 12.1. The average Bonchev–Trinajstić information content (AvgIpc) is 2.93. The molecule has 2 rings (SSSR count). The minimum atomic E-state index is -1.12. The first-order valence-corrected chi connectivity index (χ1v) is 15.3. The Kier molecular flexibility index (Phi) is 14.2. The minimum absolute atomic E-state index is 0.0273. The van der Waals surface area contributed by atoms with E-state index in [4.69, 9.17) is 10.5 Å². The number of para-hydroxylation sites is 1. The molecule has 0 bridgehead atoms. The van der Waals surface area contributed by atoms with Crippen molar-refractivity contribution in [1.29, 1.82) is 0 Å². The van der Waals surface area contributed by atoms with E-state index in [-0.39, 0.29) is 25.3 Å². The number of aryl methyl sites for hydroxylation is 2. The number of ether oxygens (including phenoxy) is 1. The molecule has 236 valence electrons. The highest BCUT2D eigenvalue weighted by molar-refractivity contribution is 6.00. The van der Waals surface area contributed by atoms with Crippen LogP contribution in [0.2, 0.25) is 0 Å². The van der Waals surface area contributed by atoms with Crippen LogP contribution in [0.15, 0.2) is 48.5 Å². The van der Waals surface area contributed by atoms with Gasteiger partial charge in [-0.3, -0.25) is 14.4 Å². The van der Waals surface area contributed by atoms with Crippen LogP contribution in [0.5, 0.6) is 0 Å². The summed E-state index contributed by atoms with van der Waals surface area (Å²) in [6.45, 7) is 11.5. The smallest absolute Gasteiger partial charge is 0.408 e. The summed E-state index contributed by atoms with van der Waals surface area (Å²) in [4.78, 5) is 54.5. The van der Waals surface area contributed by atoms with E-state index in [1.807, 2.05) is 62.4 Å². The summed E-state index contributed by atoms with van der Waals surface area (Å²) in [7, 11) is 0. The van der Waals surface area contributed by atoms with Crippen molar-refractivity contribution in [3.63, 3.8) is 0 Å². The van der Waals surface area contributed by atoms with Crippen molar-refractivity contribution in [3.05, 3.63) is 65.2 Å². The van der Waals surface area contributed by atoms with Crippen molar-refractivity contribution >= 4 is 29.5 Å². The number of alkyl carbamates (subject to hydrolysis) is 1. The van der Waals surface area contributed by atoms with Gasteiger partial charge in [-0.25, -0.2) is 4.79 Å². The Morgan fingerprint density at radius 1 is 0.884 bits per heavy atom. The summed E-state index contributed by atoms with van der Waals surface area (Å²) in [5, 5.41) is 5.72. The number of unbranched alkanes of at least 4 members (excludes halogenated alkanes) is 5. The lowest BCUT2D eigenvalue weighted by molar-refractivity contribution is -0.141. The molecule has 0 fully saturated rings. The molecule has 2 aromatic rings. The normalized spacial score (nSPS) is 12.6. The lowest BCUT2D eigenvalue weighted by Crippen LogP contribution is -2.53. The number of nitrogens with one attached hydrogen (secondary N) is 2. The highest BCUT2D eigenvalue weighted by atomic mass is 16.6. The molecule has 2 unspecified atom stereocenters. The van der Waals surface area contributed by atoms with E-state index in [2.05, 4.69) is 17.6 Å².